The number of amides is 1. The molecule has 0 atom stereocenters. The average molecular weight is 217 g/mol. The SMILES string of the molecule is CC(=O)NNOc1cccc2cccnc12. The quantitative estimate of drug-likeness (QED) is 0.757. The number of rotatable bonds is 3. The van der Waals surface area contributed by atoms with Crippen molar-refractivity contribution in [1.29, 1.82) is 0 Å². The Balaban J connectivity index is 2.20. The van der Waals surface area contributed by atoms with Crippen LogP contribution in [0.1, 0.15) is 6.92 Å². The van der Waals surface area contributed by atoms with Gasteiger partial charge in [0.05, 0.1) is 0 Å². The fraction of sp³-hybridized carbons (Fsp3) is 0.0909. The molecular weight excluding hydrogens is 206 g/mol. The van der Waals surface area contributed by atoms with Gasteiger partial charge in [0.25, 0.3) is 0 Å². The Hall–Kier alpha value is -2.14. The number of hydrogen-bond donors (Lipinski definition) is 2. The molecule has 2 aromatic rings. The van der Waals surface area contributed by atoms with Gasteiger partial charge in [-0.2, -0.15) is 0 Å². The lowest BCUT2D eigenvalue weighted by atomic mass is 10.2. The summed E-state index contributed by atoms with van der Waals surface area (Å²) in [5.41, 5.74) is 5.41. The van der Waals surface area contributed by atoms with Crippen molar-refractivity contribution in [2.45, 2.75) is 6.92 Å². The van der Waals surface area contributed by atoms with E-state index < -0.39 is 0 Å². The molecule has 0 aliphatic heterocycles. The summed E-state index contributed by atoms with van der Waals surface area (Å²) in [5, 5.41) is 0.977. The molecule has 1 aromatic carbocycles. The Kier molecular flexibility index (Phi) is 2.98. The van der Waals surface area contributed by atoms with Crippen molar-refractivity contribution in [3.8, 4) is 5.75 Å². The second kappa shape index (κ2) is 4.59. The third-order valence-corrected chi connectivity index (χ3v) is 1.98. The number of fused-ring (bicyclic) bond motifs is 1. The Morgan fingerprint density at radius 2 is 2.12 bits per heavy atom. The predicted molar refractivity (Wildman–Crippen MR) is 59.3 cm³/mol. The molecule has 1 aromatic heterocycles. The number of para-hydroxylation sites is 1. The van der Waals surface area contributed by atoms with Gasteiger partial charge in [0.15, 0.2) is 5.75 Å². The summed E-state index contributed by atoms with van der Waals surface area (Å²) < 4.78 is 0. The van der Waals surface area contributed by atoms with E-state index in [0.717, 1.165) is 10.9 Å². The minimum absolute atomic E-state index is 0.229. The molecule has 1 heterocycles. The summed E-state index contributed by atoms with van der Waals surface area (Å²) in [5.74, 6) is 0.333. The van der Waals surface area contributed by atoms with Crippen LogP contribution in [-0.2, 0) is 4.79 Å². The molecule has 82 valence electrons. The summed E-state index contributed by atoms with van der Waals surface area (Å²) >= 11 is 0. The molecule has 0 bridgehead atoms. The number of carbonyl (C=O) groups is 1. The van der Waals surface area contributed by atoms with E-state index in [0.29, 0.717) is 5.75 Å². The lowest BCUT2D eigenvalue weighted by Gasteiger charge is -2.08. The molecule has 0 spiro atoms. The zero-order valence-electron chi connectivity index (χ0n) is 8.73. The maximum absolute atomic E-state index is 10.6. The lowest BCUT2D eigenvalue weighted by molar-refractivity contribution is -0.122. The maximum Gasteiger partial charge on any atom is 0.233 e. The maximum atomic E-state index is 10.6. The van der Waals surface area contributed by atoms with Crippen LogP contribution in [0.5, 0.6) is 5.75 Å². The van der Waals surface area contributed by atoms with Gasteiger partial charge in [0.2, 0.25) is 5.91 Å². The number of hydrogen-bond acceptors (Lipinski definition) is 4. The van der Waals surface area contributed by atoms with Crippen LogP contribution in [0.3, 0.4) is 0 Å². The van der Waals surface area contributed by atoms with E-state index in [9.17, 15) is 4.79 Å². The third-order valence-electron chi connectivity index (χ3n) is 1.98. The number of pyridine rings is 1. The van der Waals surface area contributed by atoms with Crippen LogP contribution in [0.2, 0.25) is 0 Å². The highest BCUT2D eigenvalue weighted by atomic mass is 16.7. The molecule has 2 rings (SSSR count). The molecule has 0 saturated heterocycles. The lowest BCUT2D eigenvalue weighted by Crippen LogP contribution is -2.38. The van der Waals surface area contributed by atoms with E-state index in [1.165, 1.54) is 6.92 Å². The second-order valence-corrected chi connectivity index (χ2v) is 3.22. The Bertz CT molecular complexity index is 508. The van der Waals surface area contributed by atoms with Crippen LogP contribution in [0.25, 0.3) is 10.9 Å². The van der Waals surface area contributed by atoms with Gasteiger partial charge in [-0.05, 0) is 12.1 Å². The number of aromatic nitrogens is 1. The van der Waals surface area contributed by atoms with Gasteiger partial charge < -0.3 is 4.84 Å². The number of hydrazine groups is 1. The van der Waals surface area contributed by atoms with Gasteiger partial charge in [0, 0.05) is 18.5 Å². The summed E-state index contributed by atoms with van der Waals surface area (Å²) in [6, 6.07) is 9.35. The van der Waals surface area contributed by atoms with Gasteiger partial charge in [-0.25, -0.2) is 0 Å². The first-order valence-corrected chi connectivity index (χ1v) is 4.79. The molecule has 5 heteroatoms. The highest BCUT2D eigenvalue weighted by Gasteiger charge is 2.02. The van der Waals surface area contributed by atoms with Gasteiger partial charge in [0.1, 0.15) is 5.52 Å². The van der Waals surface area contributed by atoms with Crippen molar-refractivity contribution < 1.29 is 9.63 Å². The smallest absolute Gasteiger partial charge is 0.233 e. The summed E-state index contributed by atoms with van der Waals surface area (Å²) in [6.07, 6.45) is 1.69. The molecule has 0 saturated carbocycles. The summed E-state index contributed by atoms with van der Waals surface area (Å²) in [7, 11) is 0. The van der Waals surface area contributed by atoms with E-state index in [1.807, 2.05) is 24.3 Å². The van der Waals surface area contributed by atoms with Crippen LogP contribution >= 0.6 is 0 Å². The summed E-state index contributed by atoms with van der Waals surface area (Å²) in [6.45, 7) is 1.39. The Morgan fingerprint density at radius 3 is 2.94 bits per heavy atom. The average Bonchev–Trinajstić information content (AvgIpc) is 2.29. The van der Waals surface area contributed by atoms with E-state index >= 15 is 0 Å². The van der Waals surface area contributed by atoms with Crippen molar-refractivity contribution >= 4 is 16.8 Å². The van der Waals surface area contributed by atoms with Crippen LogP contribution in [0.15, 0.2) is 36.5 Å². The monoisotopic (exact) mass is 217 g/mol. The van der Waals surface area contributed by atoms with Crippen LogP contribution < -0.4 is 15.9 Å². The normalized spacial score (nSPS) is 10.1. The number of nitrogens with one attached hydrogen (secondary N) is 2. The van der Waals surface area contributed by atoms with Crippen molar-refractivity contribution in [3.05, 3.63) is 36.5 Å². The molecule has 0 aliphatic carbocycles. The minimum Gasteiger partial charge on any atom is -0.387 e. The van der Waals surface area contributed by atoms with Crippen LogP contribution in [0.4, 0.5) is 0 Å². The van der Waals surface area contributed by atoms with Crippen molar-refractivity contribution in [3.63, 3.8) is 0 Å². The molecule has 2 N–H and O–H groups in total. The molecule has 1 amide bonds. The fourth-order valence-corrected chi connectivity index (χ4v) is 1.31. The molecular formula is C11H11N3O2. The Labute approximate surface area is 92.4 Å². The van der Waals surface area contributed by atoms with Crippen LogP contribution in [0, 0.1) is 0 Å². The molecule has 0 fully saturated rings. The van der Waals surface area contributed by atoms with Gasteiger partial charge in [-0.3, -0.25) is 15.2 Å². The summed E-state index contributed by atoms with van der Waals surface area (Å²) in [4.78, 5) is 20.0. The fourth-order valence-electron chi connectivity index (χ4n) is 1.31. The molecule has 0 unspecified atom stereocenters. The van der Waals surface area contributed by atoms with Gasteiger partial charge >= 0.3 is 0 Å². The number of carbonyl (C=O) groups excluding carboxylic acids is 1. The topological polar surface area (TPSA) is 63.2 Å². The standard InChI is InChI=1S/C11H11N3O2/c1-8(15)13-14-16-10-6-2-4-9-5-3-7-12-11(9)10/h2-7,14H,1H3,(H,13,15). The van der Waals surface area contributed by atoms with Gasteiger partial charge in [-0.1, -0.05) is 23.8 Å². The zero-order chi connectivity index (χ0) is 11.4. The van der Waals surface area contributed by atoms with Crippen molar-refractivity contribution in [2.24, 2.45) is 0 Å². The van der Waals surface area contributed by atoms with E-state index in [1.54, 1.807) is 12.3 Å². The van der Waals surface area contributed by atoms with Crippen molar-refractivity contribution in [2.75, 3.05) is 0 Å². The number of benzene rings is 1. The second-order valence-electron chi connectivity index (χ2n) is 3.22. The first kappa shape index (κ1) is 10.4. The van der Waals surface area contributed by atoms with Gasteiger partial charge in [-0.15, -0.1) is 0 Å². The highest BCUT2D eigenvalue weighted by Crippen LogP contribution is 2.21. The van der Waals surface area contributed by atoms with Crippen molar-refractivity contribution in [1.82, 2.24) is 16.0 Å². The van der Waals surface area contributed by atoms with E-state index in [2.05, 4.69) is 16.0 Å². The Morgan fingerprint density at radius 1 is 1.31 bits per heavy atom. The zero-order valence-corrected chi connectivity index (χ0v) is 8.73. The molecule has 5 nitrogen and oxygen atoms in total. The highest BCUT2D eigenvalue weighted by molar-refractivity contribution is 5.84. The third kappa shape index (κ3) is 2.26. The molecule has 16 heavy (non-hydrogen) atoms. The van der Waals surface area contributed by atoms with Crippen LogP contribution in [-0.4, -0.2) is 10.9 Å². The molecule has 0 aliphatic rings. The first-order valence-electron chi connectivity index (χ1n) is 4.79. The number of nitrogens with zero attached hydrogens (tertiary/aromatic N) is 1. The predicted octanol–water partition coefficient (Wildman–Crippen LogP) is 1.17. The molecule has 0 radical (unpaired) electrons. The largest absolute Gasteiger partial charge is 0.387 e. The first-order chi connectivity index (χ1) is 7.77. The van der Waals surface area contributed by atoms with E-state index in [-0.39, 0.29) is 5.91 Å². The minimum atomic E-state index is -0.229. The van der Waals surface area contributed by atoms with E-state index in [4.69, 9.17) is 4.84 Å².